The van der Waals surface area contributed by atoms with Gasteiger partial charge in [-0.3, -0.25) is 9.10 Å². The molecule has 0 heterocycles. The second-order valence-corrected chi connectivity index (χ2v) is 9.76. The molecule has 2 atom stereocenters. The fraction of sp³-hybridized carbons (Fsp3) is 0.435. The smallest absolute Gasteiger partial charge is 0.244 e. The number of sulfonamides is 1. The molecule has 0 aliphatic rings. The molecule has 2 rings (SSSR count). The summed E-state index contributed by atoms with van der Waals surface area (Å²) in [6, 6.07) is 12.9. The summed E-state index contributed by atoms with van der Waals surface area (Å²) in [4.78, 5) is 13.1. The zero-order valence-corrected chi connectivity index (χ0v) is 19.8. The lowest BCUT2D eigenvalue weighted by atomic mass is 9.96. The summed E-state index contributed by atoms with van der Waals surface area (Å²) < 4.78 is 36.6. The van der Waals surface area contributed by atoms with E-state index >= 15 is 0 Å². The second kappa shape index (κ2) is 10.5. The van der Waals surface area contributed by atoms with Crippen molar-refractivity contribution in [2.24, 2.45) is 5.92 Å². The Morgan fingerprint density at radius 2 is 1.42 bits per heavy atom. The number of anilines is 1. The van der Waals surface area contributed by atoms with Crippen molar-refractivity contribution < 1.29 is 22.7 Å². The molecule has 0 saturated carbocycles. The van der Waals surface area contributed by atoms with Crippen LogP contribution < -0.4 is 19.1 Å². The van der Waals surface area contributed by atoms with Crippen molar-refractivity contribution in [3.8, 4) is 11.5 Å². The fourth-order valence-electron chi connectivity index (χ4n) is 3.42. The standard InChI is InChI=1S/C23H32N2O5S/c1-16(2)15-22(18-7-11-20(29-4)12-8-18)24-23(26)17(3)25(31(6,27)28)19-9-13-21(30-5)14-10-19/h7-14,16-17,22H,15H2,1-6H3,(H,24,26)/t17-,22+/m0/s1. The molecule has 2 aromatic carbocycles. The van der Waals surface area contributed by atoms with E-state index in [0.29, 0.717) is 23.8 Å². The molecule has 0 aliphatic heterocycles. The Bertz CT molecular complexity index is 956. The maximum absolute atomic E-state index is 13.1. The molecule has 1 amide bonds. The van der Waals surface area contributed by atoms with Crippen molar-refractivity contribution in [1.29, 1.82) is 0 Å². The predicted octanol–water partition coefficient (Wildman–Crippen LogP) is 3.76. The van der Waals surface area contributed by atoms with Crippen molar-refractivity contribution >= 4 is 21.6 Å². The summed E-state index contributed by atoms with van der Waals surface area (Å²) >= 11 is 0. The van der Waals surface area contributed by atoms with Crippen LogP contribution in [-0.2, 0) is 14.8 Å². The molecule has 0 radical (unpaired) electrons. The monoisotopic (exact) mass is 448 g/mol. The Labute approximate surface area is 185 Å². The second-order valence-electron chi connectivity index (χ2n) is 7.90. The van der Waals surface area contributed by atoms with Crippen molar-refractivity contribution in [2.75, 3.05) is 24.8 Å². The third-order valence-corrected chi connectivity index (χ3v) is 6.20. The van der Waals surface area contributed by atoms with Crippen molar-refractivity contribution in [1.82, 2.24) is 5.32 Å². The molecule has 0 unspecified atom stereocenters. The van der Waals surface area contributed by atoms with Gasteiger partial charge in [0.1, 0.15) is 17.5 Å². The SMILES string of the molecule is COc1ccc([C@@H](CC(C)C)NC(=O)[C@H](C)N(c2ccc(OC)cc2)S(C)(=O)=O)cc1. The van der Waals surface area contributed by atoms with E-state index in [1.165, 1.54) is 7.11 Å². The Morgan fingerprint density at radius 3 is 1.84 bits per heavy atom. The normalized spacial score (nSPS) is 13.4. The molecule has 0 aliphatic carbocycles. The zero-order chi connectivity index (χ0) is 23.2. The van der Waals surface area contributed by atoms with Gasteiger partial charge in [-0.05, 0) is 61.2 Å². The molecule has 0 fully saturated rings. The number of nitrogens with one attached hydrogen (secondary N) is 1. The highest BCUT2D eigenvalue weighted by atomic mass is 32.2. The van der Waals surface area contributed by atoms with E-state index in [2.05, 4.69) is 19.2 Å². The number of benzene rings is 2. The van der Waals surface area contributed by atoms with Gasteiger partial charge < -0.3 is 14.8 Å². The van der Waals surface area contributed by atoms with Gasteiger partial charge in [-0.1, -0.05) is 26.0 Å². The van der Waals surface area contributed by atoms with Crippen molar-refractivity contribution in [2.45, 2.75) is 39.3 Å². The minimum absolute atomic E-state index is 0.252. The first kappa shape index (κ1) is 24.5. The van der Waals surface area contributed by atoms with E-state index in [1.54, 1.807) is 38.3 Å². The number of carbonyl (C=O) groups is 1. The van der Waals surface area contributed by atoms with Crippen LogP contribution in [0.5, 0.6) is 11.5 Å². The quantitative estimate of drug-likeness (QED) is 0.598. The topological polar surface area (TPSA) is 84.9 Å². The van der Waals surface area contributed by atoms with Crippen LogP contribution in [0.3, 0.4) is 0 Å². The van der Waals surface area contributed by atoms with Gasteiger partial charge >= 0.3 is 0 Å². The first-order valence-electron chi connectivity index (χ1n) is 10.1. The number of rotatable bonds is 10. The van der Waals surface area contributed by atoms with E-state index in [4.69, 9.17) is 9.47 Å². The maximum Gasteiger partial charge on any atom is 0.244 e. The Balaban J connectivity index is 2.30. The number of methoxy groups -OCH3 is 2. The number of ether oxygens (including phenoxy) is 2. The van der Waals surface area contributed by atoms with Crippen LogP contribution in [-0.4, -0.2) is 40.8 Å². The molecule has 0 aromatic heterocycles. The maximum atomic E-state index is 13.1. The van der Waals surface area contributed by atoms with E-state index in [1.807, 2.05) is 24.3 Å². The van der Waals surface area contributed by atoms with Crippen LogP contribution in [0.1, 0.15) is 38.8 Å². The Kier molecular flexibility index (Phi) is 8.33. The largest absolute Gasteiger partial charge is 0.497 e. The zero-order valence-electron chi connectivity index (χ0n) is 19.0. The summed E-state index contributed by atoms with van der Waals surface area (Å²) in [6.07, 6.45) is 1.81. The third kappa shape index (κ3) is 6.62. The van der Waals surface area contributed by atoms with E-state index < -0.39 is 16.1 Å². The lowest BCUT2D eigenvalue weighted by molar-refractivity contribution is -0.122. The fourth-order valence-corrected chi connectivity index (χ4v) is 4.59. The number of amides is 1. The van der Waals surface area contributed by atoms with Crippen molar-refractivity contribution in [3.63, 3.8) is 0 Å². The lowest BCUT2D eigenvalue weighted by Gasteiger charge is -2.30. The van der Waals surface area contributed by atoms with Crippen LogP contribution in [0.2, 0.25) is 0 Å². The summed E-state index contributed by atoms with van der Waals surface area (Å²) in [5.74, 6) is 1.29. The molecule has 7 nitrogen and oxygen atoms in total. The number of nitrogens with zero attached hydrogens (tertiary/aromatic N) is 1. The molecule has 31 heavy (non-hydrogen) atoms. The van der Waals surface area contributed by atoms with Gasteiger partial charge in [0.2, 0.25) is 15.9 Å². The van der Waals surface area contributed by atoms with Gasteiger partial charge in [0, 0.05) is 0 Å². The van der Waals surface area contributed by atoms with E-state index in [0.717, 1.165) is 21.9 Å². The molecule has 8 heteroatoms. The van der Waals surface area contributed by atoms with Crippen LogP contribution in [0.25, 0.3) is 0 Å². The molecule has 170 valence electrons. The van der Waals surface area contributed by atoms with Crippen LogP contribution >= 0.6 is 0 Å². The predicted molar refractivity (Wildman–Crippen MR) is 123 cm³/mol. The number of hydrogen-bond donors (Lipinski definition) is 1. The highest BCUT2D eigenvalue weighted by Gasteiger charge is 2.30. The lowest BCUT2D eigenvalue weighted by Crippen LogP contribution is -2.48. The number of hydrogen-bond acceptors (Lipinski definition) is 5. The van der Waals surface area contributed by atoms with Gasteiger partial charge in [-0.2, -0.15) is 0 Å². The molecule has 2 aromatic rings. The van der Waals surface area contributed by atoms with Crippen molar-refractivity contribution in [3.05, 3.63) is 54.1 Å². The van der Waals surface area contributed by atoms with Gasteiger partial charge in [0.05, 0.1) is 32.2 Å². The Hall–Kier alpha value is -2.74. The van der Waals surface area contributed by atoms with Crippen LogP contribution in [0, 0.1) is 5.92 Å². The summed E-state index contributed by atoms with van der Waals surface area (Å²) in [6.45, 7) is 5.74. The van der Waals surface area contributed by atoms with Gasteiger partial charge in [-0.25, -0.2) is 8.42 Å². The van der Waals surface area contributed by atoms with Gasteiger partial charge in [-0.15, -0.1) is 0 Å². The minimum Gasteiger partial charge on any atom is -0.497 e. The van der Waals surface area contributed by atoms with E-state index in [9.17, 15) is 13.2 Å². The van der Waals surface area contributed by atoms with Gasteiger partial charge in [0.15, 0.2) is 0 Å². The summed E-state index contributed by atoms with van der Waals surface area (Å²) in [5, 5.41) is 3.04. The summed E-state index contributed by atoms with van der Waals surface area (Å²) in [5.41, 5.74) is 1.33. The van der Waals surface area contributed by atoms with E-state index in [-0.39, 0.29) is 11.9 Å². The first-order chi connectivity index (χ1) is 14.6. The highest BCUT2D eigenvalue weighted by molar-refractivity contribution is 7.92. The van der Waals surface area contributed by atoms with Crippen LogP contribution in [0.4, 0.5) is 5.69 Å². The van der Waals surface area contributed by atoms with Gasteiger partial charge in [0.25, 0.3) is 0 Å². The molecule has 0 bridgehead atoms. The summed E-state index contributed by atoms with van der Waals surface area (Å²) in [7, 11) is -0.564. The average molecular weight is 449 g/mol. The third-order valence-electron chi connectivity index (χ3n) is 4.96. The first-order valence-corrected chi connectivity index (χ1v) is 12.0. The molecule has 0 saturated heterocycles. The van der Waals surface area contributed by atoms with Crippen LogP contribution in [0.15, 0.2) is 48.5 Å². The highest BCUT2D eigenvalue weighted by Crippen LogP contribution is 2.26. The Morgan fingerprint density at radius 1 is 0.935 bits per heavy atom. The average Bonchev–Trinajstić information content (AvgIpc) is 2.72. The molecular formula is C23H32N2O5S. The molecular weight excluding hydrogens is 416 g/mol. The number of carbonyl (C=O) groups excluding carboxylic acids is 1. The molecule has 0 spiro atoms. The molecule has 1 N–H and O–H groups in total. The minimum atomic E-state index is -3.70.